The normalized spacial score (nSPS) is 22.0. The van der Waals surface area contributed by atoms with E-state index < -0.39 is 0 Å². The predicted octanol–water partition coefficient (Wildman–Crippen LogP) is 1.09. The van der Waals surface area contributed by atoms with Gasteiger partial charge >= 0.3 is 0 Å². The molecule has 1 aromatic rings. The molecular weight excluding hydrogens is 285 g/mol. The molecule has 2 aliphatic rings. The van der Waals surface area contributed by atoms with E-state index >= 15 is 0 Å². The van der Waals surface area contributed by atoms with E-state index in [1.54, 1.807) is 6.07 Å². The second-order valence-electron chi connectivity index (χ2n) is 5.82. The first-order valence-corrected chi connectivity index (χ1v) is 7.77. The third-order valence-corrected chi connectivity index (χ3v) is 4.50. The summed E-state index contributed by atoms with van der Waals surface area (Å²) < 4.78 is 18.7. The van der Waals surface area contributed by atoms with Crippen molar-refractivity contribution in [2.75, 3.05) is 51.3 Å². The van der Waals surface area contributed by atoms with Crippen molar-refractivity contribution in [2.24, 2.45) is 5.92 Å². The number of ether oxygens (including phenoxy) is 1. The van der Waals surface area contributed by atoms with Crippen LogP contribution in [0.2, 0.25) is 0 Å². The lowest BCUT2D eigenvalue weighted by atomic mass is 10.1. The molecule has 6 heteroatoms. The van der Waals surface area contributed by atoms with Gasteiger partial charge in [0, 0.05) is 44.5 Å². The summed E-state index contributed by atoms with van der Waals surface area (Å²) in [7, 11) is 1.46. The van der Waals surface area contributed by atoms with Crippen LogP contribution in [0.3, 0.4) is 0 Å². The molecule has 1 aromatic carbocycles. The first-order chi connectivity index (χ1) is 10.7. The number of nitrogens with one attached hydrogen (secondary N) is 1. The molecule has 0 radical (unpaired) electrons. The quantitative estimate of drug-likeness (QED) is 0.908. The van der Waals surface area contributed by atoms with Crippen LogP contribution in [0.15, 0.2) is 18.2 Å². The van der Waals surface area contributed by atoms with Gasteiger partial charge < -0.3 is 19.9 Å². The lowest BCUT2D eigenvalue weighted by molar-refractivity contribution is -0.135. The zero-order valence-electron chi connectivity index (χ0n) is 12.8. The number of carbonyl (C=O) groups is 1. The summed E-state index contributed by atoms with van der Waals surface area (Å²) in [6, 6.07) is 5.00. The number of carbonyl (C=O) groups excluding carboxylic acids is 1. The Morgan fingerprint density at radius 2 is 2.09 bits per heavy atom. The smallest absolute Gasteiger partial charge is 0.227 e. The Kier molecular flexibility index (Phi) is 4.47. The molecule has 0 bridgehead atoms. The summed E-state index contributed by atoms with van der Waals surface area (Å²) in [5.74, 6) is 0.289. The number of halogens is 1. The van der Waals surface area contributed by atoms with Crippen LogP contribution in [0.4, 0.5) is 10.1 Å². The molecule has 22 heavy (non-hydrogen) atoms. The molecule has 0 aromatic heterocycles. The molecule has 1 atom stereocenters. The summed E-state index contributed by atoms with van der Waals surface area (Å²) in [6.45, 7) is 4.59. The van der Waals surface area contributed by atoms with Crippen molar-refractivity contribution in [1.82, 2.24) is 10.2 Å². The Morgan fingerprint density at radius 1 is 1.32 bits per heavy atom. The number of nitrogens with zero attached hydrogens (tertiary/aromatic N) is 2. The van der Waals surface area contributed by atoms with Crippen LogP contribution in [0.25, 0.3) is 0 Å². The van der Waals surface area contributed by atoms with E-state index in [2.05, 4.69) is 10.2 Å². The van der Waals surface area contributed by atoms with Gasteiger partial charge in [-0.05, 0) is 25.1 Å². The van der Waals surface area contributed by atoms with Gasteiger partial charge in [0.15, 0.2) is 11.6 Å². The Labute approximate surface area is 130 Å². The van der Waals surface area contributed by atoms with Gasteiger partial charge in [0.25, 0.3) is 0 Å². The average Bonchev–Trinajstić information content (AvgIpc) is 3.09. The molecule has 5 nitrogen and oxygen atoms in total. The van der Waals surface area contributed by atoms with Crippen molar-refractivity contribution in [2.45, 2.75) is 6.42 Å². The molecule has 2 heterocycles. The first kappa shape index (κ1) is 15.1. The third kappa shape index (κ3) is 3.02. The van der Waals surface area contributed by atoms with Crippen molar-refractivity contribution >= 4 is 11.6 Å². The first-order valence-electron chi connectivity index (χ1n) is 7.77. The maximum Gasteiger partial charge on any atom is 0.227 e. The van der Waals surface area contributed by atoms with Gasteiger partial charge in [-0.15, -0.1) is 0 Å². The fraction of sp³-hybridized carbons (Fsp3) is 0.562. The zero-order chi connectivity index (χ0) is 15.5. The van der Waals surface area contributed by atoms with Crippen LogP contribution >= 0.6 is 0 Å². The SMILES string of the molecule is COc1ccc(N2CCN(C(=O)C3CCNC3)CC2)cc1F. The van der Waals surface area contributed by atoms with Crippen molar-refractivity contribution < 1.29 is 13.9 Å². The van der Waals surface area contributed by atoms with Crippen LogP contribution in [0, 0.1) is 11.7 Å². The van der Waals surface area contributed by atoms with Gasteiger partial charge in [0.1, 0.15) is 0 Å². The predicted molar refractivity (Wildman–Crippen MR) is 82.7 cm³/mol. The third-order valence-electron chi connectivity index (χ3n) is 4.50. The second kappa shape index (κ2) is 6.52. The molecule has 2 aliphatic heterocycles. The fourth-order valence-corrected chi connectivity index (χ4v) is 3.16. The highest BCUT2D eigenvalue weighted by Crippen LogP contribution is 2.24. The number of methoxy groups -OCH3 is 1. The highest BCUT2D eigenvalue weighted by Gasteiger charge is 2.29. The molecule has 1 amide bonds. The van der Waals surface area contributed by atoms with E-state index in [1.807, 2.05) is 11.0 Å². The van der Waals surface area contributed by atoms with Gasteiger partial charge in [-0.25, -0.2) is 4.39 Å². The van der Waals surface area contributed by atoms with Crippen molar-refractivity contribution in [1.29, 1.82) is 0 Å². The Bertz CT molecular complexity index is 538. The topological polar surface area (TPSA) is 44.8 Å². The van der Waals surface area contributed by atoms with Gasteiger partial charge in [-0.1, -0.05) is 0 Å². The molecule has 1 unspecified atom stereocenters. The van der Waals surface area contributed by atoms with E-state index in [9.17, 15) is 9.18 Å². The average molecular weight is 307 g/mol. The number of benzene rings is 1. The molecule has 0 spiro atoms. The van der Waals surface area contributed by atoms with Crippen LogP contribution in [-0.4, -0.2) is 57.2 Å². The summed E-state index contributed by atoms with van der Waals surface area (Å²) in [6.07, 6.45) is 0.933. The van der Waals surface area contributed by atoms with Crippen LogP contribution in [-0.2, 0) is 4.79 Å². The second-order valence-corrected chi connectivity index (χ2v) is 5.82. The van der Waals surface area contributed by atoms with Gasteiger partial charge in [-0.3, -0.25) is 4.79 Å². The van der Waals surface area contributed by atoms with Crippen LogP contribution in [0.1, 0.15) is 6.42 Å². The Hall–Kier alpha value is -1.82. The minimum atomic E-state index is -0.351. The molecule has 2 saturated heterocycles. The van der Waals surface area contributed by atoms with Crippen molar-refractivity contribution in [3.63, 3.8) is 0 Å². The lowest BCUT2D eigenvalue weighted by Gasteiger charge is -2.37. The Morgan fingerprint density at radius 3 is 2.68 bits per heavy atom. The summed E-state index contributed by atoms with van der Waals surface area (Å²) in [4.78, 5) is 16.4. The van der Waals surface area contributed by atoms with Crippen molar-refractivity contribution in [3.8, 4) is 5.75 Å². The number of hydrogen-bond acceptors (Lipinski definition) is 4. The minimum absolute atomic E-state index is 0.130. The minimum Gasteiger partial charge on any atom is -0.494 e. The largest absolute Gasteiger partial charge is 0.494 e. The summed E-state index contributed by atoms with van der Waals surface area (Å²) in [5, 5.41) is 3.23. The molecule has 1 N–H and O–H groups in total. The van der Waals surface area contributed by atoms with E-state index in [1.165, 1.54) is 13.2 Å². The van der Waals surface area contributed by atoms with Gasteiger partial charge in [0.05, 0.1) is 13.0 Å². The molecular formula is C16H22FN3O2. The zero-order valence-corrected chi connectivity index (χ0v) is 12.8. The highest BCUT2D eigenvalue weighted by atomic mass is 19.1. The lowest BCUT2D eigenvalue weighted by Crippen LogP contribution is -2.50. The Balaban J connectivity index is 1.59. The number of anilines is 1. The monoisotopic (exact) mass is 307 g/mol. The standard InChI is InChI=1S/C16H22FN3O2/c1-22-15-3-2-13(10-14(15)17)19-6-8-20(9-7-19)16(21)12-4-5-18-11-12/h2-3,10,12,18H,4-9,11H2,1H3. The van der Waals surface area contributed by atoms with E-state index in [-0.39, 0.29) is 23.4 Å². The number of rotatable bonds is 3. The summed E-state index contributed by atoms with van der Waals surface area (Å²) in [5.41, 5.74) is 0.841. The van der Waals surface area contributed by atoms with Gasteiger partial charge in [-0.2, -0.15) is 0 Å². The van der Waals surface area contributed by atoms with Crippen molar-refractivity contribution in [3.05, 3.63) is 24.0 Å². The highest BCUT2D eigenvalue weighted by molar-refractivity contribution is 5.79. The summed E-state index contributed by atoms with van der Waals surface area (Å²) >= 11 is 0. The van der Waals surface area contributed by atoms with E-state index in [0.717, 1.165) is 38.3 Å². The molecule has 120 valence electrons. The maximum atomic E-state index is 13.8. The van der Waals surface area contributed by atoms with Crippen LogP contribution < -0.4 is 15.0 Å². The van der Waals surface area contributed by atoms with E-state index in [0.29, 0.717) is 13.1 Å². The molecule has 2 fully saturated rings. The number of hydrogen-bond donors (Lipinski definition) is 1. The molecule has 3 rings (SSSR count). The molecule has 0 aliphatic carbocycles. The van der Waals surface area contributed by atoms with Gasteiger partial charge in [0.2, 0.25) is 5.91 Å². The van der Waals surface area contributed by atoms with Crippen LogP contribution in [0.5, 0.6) is 5.75 Å². The number of amides is 1. The molecule has 0 saturated carbocycles. The fourth-order valence-electron chi connectivity index (χ4n) is 3.16. The number of piperazine rings is 1. The van der Waals surface area contributed by atoms with E-state index in [4.69, 9.17) is 4.74 Å². The maximum absolute atomic E-state index is 13.8.